The van der Waals surface area contributed by atoms with E-state index >= 15 is 0 Å². The average molecular weight is 515 g/mol. The molecular formula is C34H34N4O. The lowest BCUT2D eigenvalue weighted by molar-refractivity contribution is 0.480. The van der Waals surface area contributed by atoms with Crippen molar-refractivity contribution < 1.29 is 5.11 Å². The monoisotopic (exact) mass is 514 g/mol. The van der Waals surface area contributed by atoms with Gasteiger partial charge in [0.1, 0.15) is 11.3 Å². The van der Waals surface area contributed by atoms with Gasteiger partial charge < -0.3 is 10.0 Å². The number of para-hydroxylation sites is 1. The first-order valence-electron chi connectivity index (χ1n) is 13.5. The standard InChI is InChI=1S/C34H34N4O/c1-21(2)24-20-30(37(5)6)33(39)32-23(24)15-17-27(36-32)22-14-16-26-29(19-22)38(31-13-9-10-18-35-31)28-12-8-7-11-25(28)34(26,3)4/h7-21,39H,1-6H3. The Morgan fingerprint density at radius 3 is 2.31 bits per heavy atom. The maximum absolute atomic E-state index is 11.2. The predicted molar refractivity (Wildman–Crippen MR) is 162 cm³/mol. The van der Waals surface area contributed by atoms with Crippen molar-refractivity contribution in [2.45, 2.75) is 39.0 Å². The second-order valence-corrected chi connectivity index (χ2v) is 11.4. The van der Waals surface area contributed by atoms with Gasteiger partial charge in [-0.2, -0.15) is 0 Å². The number of aromatic nitrogens is 2. The van der Waals surface area contributed by atoms with Crippen molar-refractivity contribution in [3.8, 4) is 17.0 Å². The molecule has 0 amide bonds. The average Bonchev–Trinajstić information content (AvgIpc) is 2.93. The lowest BCUT2D eigenvalue weighted by atomic mass is 9.73. The van der Waals surface area contributed by atoms with Gasteiger partial charge in [0.15, 0.2) is 5.75 Å². The van der Waals surface area contributed by atoms with Gasteiger partial charge in [-0.25, -0.2) is 9.97 Å². The molecule has 3 aromatic carbocycles. The van der Waals surface area contributed by atoms with Crippen LogP contribution in [0.15, 0.2) is 85.1 Å². The molecule has 1 N–H and O–H groups in total. The van der Waals surface area contributed by atoms with Crippen LogP contribution in [0.1, 0.15) is 50.3 Å². The van der Waals surface area contributed by atoms with E-state index in [9.17, 15) is 5.11 Å². The van der Waals surface area contributed by atoms with Crippen molar-refractivity contribution >= 4 is 33.8 Å². The van der Waals surface area contributed by atoms with Crippen LogP contribution in [0.2, 0.25) is 0 Å². The van der Waals surface area contributed by atoms with Crippen LogP contribution in [-0.2, 0) is 5.41 Å². The third-order valence-electron chi connectivity index (χ3n) is 7.97. The molecule has 5 heteroatoms. The smallest absolute Gasteiger partial charge is 0.165 e. The molecule has 0 bridgehead atoms. The summed E-state index contributed by atoms with van der Waals surface area (Å²) in [4.78, 5) is 14.0. The molecule has 0 saturated heterocycles. The first-order valence-corrected chi connectivity index (χ1v) is 13.5. The van der Waals surface area contributed by atoms with E-state index in [1.54, 1.807) is 0 Å². The molecule has 6 rings (SSSR count). The summed E-state index contributed by atoms with van der Waals surface area (Å²) >= 11 is 0. The van der Waals surface area contributed by atoms with Crippen molar-refractivity contribution in [2.24, 2.45) is 0 Å². The fourth-order valence-corrected chi connectivity index (χ4v) is 5.88. The summed E-state index contributed by atoms with van der Waals surface area (Å²) in [6, 6.07) is 27.4. The zero-order valence-corrected chi connectivity index (χ0v) is 23.4. The molecule has 0 unspecified atom stereocenters. The number of anilines is 4. The minimum atomic E-state index is -0.183. The summed E-state index contributed by atoms with van der Waals surface area (Å²) in [5, 5.41) is 12.2. The normalized spacial score (nSPS) is 13.9. The Hall–Kier alpha value is -4.38. The first kappa shape index (κ1) is 24.9. The highest BCUT2D eigenvalue weighted by molar-refractivity contribution is 5.95. The lowest BCUT2D eigenvalue weighted by Gasteiger charge is -2.41. The topological polar surface area (TPSA) is 52.5 Å². The Bertz CT molecular complexity index is 1710. The van der Waals surface area contributed by atoms with Crippen LogP contribution >= 0.6 is 0 Å². The molecule has 0 atom stereocenters. The van der Waals surface area contributed by atoms with E-state index in [1.165, 1.54) is 16.7 Å². The third-order valence-corrected chi connectivity index (χ3v) is 7.97. The molecule has 0 saturated carbocycles. The van der Waals surface area contributed by atoms with Crippen LogP contribution in [-0.4, -0.2) is 29.2 Å². The van der Waals surface area contributed by atoms with Gasteiger partial charge in [-0.3, -0.25) is 4.90 Å². The Morgan fingerprint density at radius 1 is 0.846 bits per heavy atom. The number of hydrogen-bond acceptors (Lipinski definition) is 5. The van der Waals surface area contributed by atoms with E-state index in [1.807, 2.05) is 43.4 Å². The molecule has 2 aromatic heterocycles. The third kappa shape index (κ3) is 3.92. The van der Waals surface area contributed by atoms with Crippen LogP contribution in [0.5, 0.6) is 5.75 Å². The number of aromatic hydroxyl groups is 1. The Labute approximate surface area is 230 Å². The zero-order chi connectivity index (χ0) is 27.5. The number of phenols is 1. The first-order chi connectivity index (χ1) is 18.7. The van der Waals surface area contributed by atoms with Crippen molar-refractivity contribution in [2.75, 3.05) is 23.9 Å². The molecule has 5 aromatic rings. The van der Waals surface area contributed by atoms with Gasteiger partial charge in [-0.1, -0.05) is 70.2 Å². The highest BCUT2D eigenvalue weighted by Crippen LogP contribution is 2.52. The summed E-state index contributed by atoms with van der Waals surface area (Å²) in [6.45, 7) is 8.91. The Morgan fingerprint density at radius 2 is 1.59 bits per heavy atom. The molecule has 196 valence electrons. The molecule has 0 aliphatic carbocycles. The van der Waals surface area contributed by atoms with E-state index in [0.29, 0.717) is 11.4 Å². The number of phenolic OH excluding ortho intramolecular Hbond substituents is 1. The van der Waals surface area contributed by atoms with Gasteiger partial charge in [-0.05, 0) is 59.0 Å². The van der Waals surface area contributed by atoms with Gasteiger partial charge in [0, 0.05) is 36.7 Å². The molecule has 0 spiro atoms. The molecule has 0 fully saturated rings. The van der Waals surface area contributed by atoms with Crippen molar-refractivity contribution in [3.63, 3.8) is 0 Å². The number of nitrogens with zero attached hydrogens (tertiary/aromatic N) is 4. The van der Waals surface area contributed by atoms with Gasteiger partial charge in [0.2, 0.25) is 0 Å². The van der Waals surface area contributed by atoms with Crippen molar-refractivity contribution in [3.05, 3.63) is 102 Å². The van der Waals surface area contributed by atoms with Gasteiger partial charge in [0.25, 0.3) is 0 Å². The fourth-order valence-electron chi connectivity index (χ4n) is 5.88. The van der Waals surface area contributed by atoms with Crippen LogP contribution in [0, 0.1) is 0 Å². The van der Waals surface area contributed by atoms with Crippen molar-refractivity contribution in [1.29, 1.82) is 0 Å². The summed E-state index contributed by atoms with van der Waals surface area (Å²) in [6.07, 6.45) is 1.84. The number of hydrogen-bond donors (Lipinski definition) is 1. The van der Waals surface area contributed by atoms with Gasteiger partial charge in [-0.15, -0.1) is 0 Å². The van der Waals surface area contributed by atoms with Crippen LogP contribution in [0.3, 0.4) is 0 Å². The zero-order valence-electron chi connectivity index (χ0n) is 23.4. The summed E-state index contributed by atoms with van der Waals surface area (Å²) in [5.74, 6) is 1.39. The molecule has 0 radical (unpaired) electrons. The van der Waals surface area contributed by atoms with Crippen LogP contribution in [0.4, 0.5) is 22.9 Å². The van der Waals surface area contributed by atoms with E-state index < -0.39 is 0 Å². The molecule has 39 heavy (non-hydrogen) atoms. The predicted octanol–water partition coefficient (Wildman–Crippen LogP) is 8.30. The lowest BCUT2D eigenvalue weighted by Crippen LogP contribution is -2.30. The molecule has 1 aliphatic heterocycles. The molecule has 3 heterocycles. The van der Waals surface area contributed by atoms with E-state index in [2.05, 4.69) is 93.3 Å². The summed E-state index contributed by atoms with van der Waals surface area (Å²) < 4.78 is 0. The number of pyridine rings is 2. The largest absolute Gasteiger partial charge is 0.504 e. The molecular weight excluding hydrogens is 480 g/mol. The number of rotatable bonds is 4. The minimum absolute atomic E-state index is 0.183. The quantitative estimate of drug-likeness (QED) is 0.261. The van der Waals surface area contributed by atoms with E-state index in [0.717, 1.165) is 39.5 Å². The Kier molecular flexibility index (Phi) is 5.83. The molecule has 1 aliphatic rings. The second-order valence-electron chi connectivity index (χ2n) is 11.4. The summed E-state index contributed by atoms with van der Waals surface area (Å²) in [7, 11) is 3.90. The van der Waals surface area contributed by atoms with Crippen LogP contribution in [0.25, 0.3) is 22.2 Å². The SMILES string of the molecule is CC(C)c1cc(N(C)C)c(O)c2nc(-c3ccc4c(c3)N(c3ccccn3)c3ccccc3C4(C)C)ccc12. The fraction of sp³-hybridized carbons (Fsp3) is 0.235. The maximum Gasteiger partial charge on any atom is 0.165 e. The maximum atomic E-state index is 11.2. The van der Waals surface area contributed by atoms with Crippen molar-refractivity contribution in [1.82, 2.24) is 9.97 Å². The Balaban J connectivity index is 1.58. The van der Waals surface area contributed by atoms with Crippen LogP contribution < -0.4 is 9.80 Å². The number of fused-ring (bicyclic) bond motifs is 3. The minimum Gasteiger partial charge on any atom is -0.504 e. The highest BCUT2D eigenvalue weighted by atomic mass is 16.3. The van der Waals surface area contributed by atoms with Gasteiger partial charge in [0.05, 0.1) is 22.8 Å². The van der Waals surface area contributed by atoms with E-state index in [4.69, 9.17) is 9.97 Å². The number of benzene rings is 3. The van der Waals surface area contributed by atoms with E-state index in [-0.39, 0.29) is 11.2 Å². The second kappa shape index (κ2) is 9.12. The molecule has 5 nitrogen and oxygen atoms in total. The summed E-state index contributed by atoms with van der Waals surface area (Å²) in [5.41, 5.74) is 8.94. The van der Waals surface area contributed by atoms with Gasteiger partial charge >= 0.3 is 0 Å². The highest BCUT2D eigenvalue weighted by Gasteiger charge is 2.37.